The molecule has 1 aliphatic rings. The third-order valence-corrected chi connectivity index (χ3v) is 4.20. The molecule has 0 atom stereocenters. The summed E-state index contributed by atoms with van der Waals surface area (Å²) in [5.74, 6) is 0. The van der Waals surface area contributed by atoms with E-state index in [2.05, 4.69) is 32.8 Å². The van der Waals surface area contributed by atoms with Crippen LogP contribution in [-0.2, 0) is 9.47 Å². The van der Waals surface area contributed by atoms with Crippen molar-refractivity contribution in [1.29, 1.82) is 0 Å². The van der Waals surface area contributed by atoms with Crippen LogP contribution in [0.2, 0.25) is 0 Å². The third-order valence-electron chi connectivity index (χ3n) is 4.20. The first-order valence-electron chi connectivity index (χ1n) is 8.70. The van der Waals surface area contributed by atoms with E-state index in [0.29, 0.717) is 5.70 Å². The van der Waals surface area contributed by atoms with Crippen LogP contribution in [0.5, 0.6) is 0 Å². The summed E-state index contributed by atoms with van der Waals surface area (Å²) in [6.07, 6.45) is 5.59. The van der Waals surface area contributed by atoms with Crippen molar-refractivity contribution in [3.63, 3.8) is 0 Å². The molecule has 0 aromatic rings. The molecule has 0 bridgehead atoms. The van der Waals surface area contributed by atoms with Crippen LogP contribution in [0, 0.1) is 5.41 Å². The number of nitrogens with zero attached hydrogens (tertiary/aromatic N) is 1. The van der Waals surface area contributed by atoms with Crippen LogP contribution >= 0.6 is 0 Å². The van der Waals surface area contributed by atoms with Gasteiger partial charge in [-0.05, 0) is 57.1 Å². The highest BCUT2D eigenvalue weighted by molar-refractivity contribution is 5.76. The highest BCUT2D eigenvalue weighted by Gasteiger charge is 2.27. The Labute approximate surface area is 150 Å². The van der Waals surface area contributed by atoms with Gasteiger partial charge in [-0.3, -0.25) is 0 Å². The number of nitrogens with one attached hydrogen (secondary N) is 1. The Bertz CT molecular complexity index is 576. The van der Waals surface area contributed by atoms with Crippen LogP contribution in [-0.4, -0.2) is 30.4 Å². The molecule has 1 aliphatic carbocycles. The second-order valence-corrected chi connectivity index (χ2v) is 6.62. The molecule has 1 rings (SSSR count). The average Bonchev–Trinajstić information content (AvgIpc) is 2.51. The highest BCUT2D eigenvalue weighted by atomic mass is 16.6. The first-order chi connectivity index (χ1) is 11.7. The molecule has 0 spiro atoms. The van der Waals surface area contributed by atoms with E-state index in [1.165, 1.54) is 17.6 Å². The first kappa shape index (κ1) is 20.8. The molecule has 25 heavy (non-hydrogen) atoms. The van der Waals surface area contributed by atoms with E-state index in [9.17, 15) is 9.59 Å². The molecule has 0 heterocycles. The molecule has 1 N–H and O–H groups in total. The molecular weight excluding hydrogens is 320 g/mol. The molecule has 0 aromatic carbocycles. The second kappa shape index (κ2) is 9.30. The molecule has 0 radical (unpaired) electrons. The van der Waals surface area contributed by atoms with Crippen molar-refractivity contribution < 1.29 is 19.1 Å². The van der Waals surface area contributed by atoms with Crippen molar-refractivity contribution in [2.75, 3.05) is 13.2 Å². The maximum Gasteiger partial charge on any atom is 0.433 e. The summed E-state index contributed by atoms with van der Waals surface area (Å²) < 4.78 is 9.79. The minimum atomic E-state index is -0.738. The standard InChI is InChI=1S/C19H30N2O4/c1-7-24-17(22)20-21(18(23)25-8-2)15(4)11-12-16-14(3)10-9-13-19(16,5)6/h11-12H,4,7-10,13H2,1-3,5-6H3,(H,20,22)/b12-11+. The Morgan fingerprint density at radius 3 is 2.48 bits per heavy atom. The quantitative estimate of drug-likeness (QED) is 0.576. The minimum absolute atomic E-state index is 0.0719. The van der Waals surface area contributed by atoms with Crippen LogP contribution in [0.4, 0.5) is 9.59 Å². The SMILES string of the molecule is C=C(/C=C/C1=C(C)CCCC1(C)C)N(NC(=O)OCC)C(=O)OCC. The molecule has 0 aromatic heterocycles. The van der Waals surface area contributed by atoms with E-state index in [1.54, 1.807) is 19.9 Å². The van der Waals surface area contributed by atoms with Gasteiger partial charge in [0.15, 0.2) is 0 Å². The van der Waals surface area contributed by atoms with E-state index in [0.717, 1.165) is 17.9 Å². The summed E-state index contributed by atoms with van der Waals surface area (Å²) in [6.45, 7) is 14.2. The van der Waals surface area contributed by atoms with Crippen LogP contribution in [0.1, 0.15) is 53.9 Å². The average molecular weight is 350 g/mol. The fraction of sp³-hybridized carbons (Fsp3) is 0.579. The van der Waals surface area contributed by atoms with Gasteiger partial charge in [0.1, 0.15) is 0 Å². The number of hydrogen-bond donors (Lipinski definition) is 1. The molecule has 6 heteroatoms. The molecule has 2 amide bonds. The summed E-state index contributed by atoms with van der Waals surface area (Å²) in [6, 6.07) is 0. The Kier molecular flexibility index (Phi) is 7.74. The number of allylic oxidation sites excluding steroid dienone is 4. The third kappa shape index (κ3) is 5.96. The first-order valence-corrected chi connectivity index (χ1v) is 8.70. The summed E-state index contributed by atoms with van der Waals surface area (Å²) in [7, 11) is 0. The zero-order valence-electron chi connectivity index (χ0n) is 16.0. The van der Waals surface area contributed by atoms with Crippen molar-refractivity contribution in [3.05, 3.63) is 35.6 Å². The van der Waals surface area contributed by atoms with Crippen molar-refractivity contribution in [2.24, 2.45) is 5.41 Å². The Morgan fingerprint density at radius 2 is 1.92 bits per heavy atom. The number of rotatable bonds is 5. The van der Waals surface area contributed by atoms with E-state index in [-0.39, 0.29) is 18.6 Å². The van der Waals surface area contributed by atoms with E-state index in [1.807, 2.05) is 6.08 Å². The summed E-state index contributed by atoms with van der Waals surface area (Å²) in [4.78, 5) is 23.8. The van der Waals surface area contributed by atoms with Gasteiger partial charge >= 0.3 is 12.2 Å². The van der Waals surface area contributed by atoms with Gasteiger partial charge in [0.2, 0.25) is 0 Å². The molecule has 0 saturated heterocycles. The highest BCUT2D eigenvalue weighted by Crippen LogP contribution is 2.40. The van der Waals surface area contributed by atoms with Gasteiger partial charge in [-0.15, -0.1) is 0 Å². The van der Waals surface area contributed by atoms with E-state index >= 15 is 0 Å². The van der Waals surface area contributed by atoms with Gasteiger partial charge in [0.25, 0.3) is 0 Å². The smallest absolute Gasteiger partial charge is 0.433 e. The lowest BCUT2D eigenvalue weighted by Gasteiger charge is -2.33. The lowest BCUT2D eigenvalue weighted by molar-refractivity contribution is 0.0892. The predicted octanol–water partition coefficient (Wildman–Crippen LogP) is 4.70. The van der Waals surface area contributed by atoms with Crippen LogP contribution in [0.15, 0.2) is 35.6 Å². The fourth-order valence-corrected chi connectivity index (χ4v) is 2.94. The van der Waals surface area contributed by atoms with Crippen molar-refractivity contribution >= 4 is 12.2 Å². The van der Waals surface area contributed by atoms with Crippen LogP contribution < -0.4 is 5.43 Å². The monoisotopic (exact) mass is 350 g/mol. The number of ether oxygens (including phenoxy) is 2. The molecule has 0 fully saturated rings. The largest absolute Gasteiger partial charge is 0.449 e. The lowest BCUT2D eigenvalue weighted by Crippen LogP contribution is -2.45. The predicted molar refractivity (Wildman–Crippen MR) is 97.6 cm³/mol. The zero-order valence-corrected chi connectivity index (χ0v) is 16.0. The maximum absolute atomic E-state index is 12.1. The number of carbonyl (C=O) groups is 2. The van der Waals surface area contributed by atoms with Gasteiger partial charge in [0, 0.05) is 0 Å². The zero-order chi connectivity index (χ0) is 19.0. The van der Waals surface area contributed by atoms with Crippen LogP contribution in [0.3, 0.4) is 0 Å². The Balaban J connectivity index is 2.97. The van der Waals surface area contributed by atoms with Crippen molar-refractivity contribution in [1.82, 2.24) is 10.4 Å². The topological polar surface area (TPSA) is 67.9 Å². The van der Waals surface area contributed by atoms with Crippen molar-refractivity contribution in [3.8, 4) is 0 Å². The molecule has 0 unspecified atom stereocenters. The van der Waals surface area contributed by atoms with E-state index in [4.69, 9.17) is 9.47 Å². The summed E-state index contributed by atoms with van der Waals surface area (Å²) in [5.41, 5.74) is 5.29. The number of amides is 2. The van der Waals surface area contributed by atoms with E-state index < -0.39 is 12.2 Å². The van der Waals surface area contributed by atoms with Gasteiger partial charge in [-0.2, -0.15) is 5.01 Å². The summed E-state index contributed by atoms with van der Waals surface area (Å²) >= 11 is 0. The lowest BCUT2D eigenvalue weighted by atomic mass is 9.72. The molecular formula is C19H30N2O4. The van der Waals surface area contributed by atoms with Gasteiger partial charge < -0.3 is 9.47 Å². The van der Waals surface area contributed by atoms with Crippen LogP contribution in [0.25, 0.3) is 0 Å². The normalized spacial score (nSPS) is 16.5. The Hall–Kier alpha value is -2.24. The molecule has 6 nitrogen and oxygen atoms in total. The molecule has 0 aliphatic heterocycles. The summed E-state index contributed by atoms with van der Waals surface area (Å²) in [5, 5.41) is 0.962. The maximum atomic E-state index is 12.1. The minimum Gasteiger partial charge on any atom is -0.449 e. The molecule has 140 valence electrons. The Morgan fingerprint density at radius 1 is 1.28 bits per heavy atom. The molecule has 0 saturated carbocycles. The van der Waals surface area contributed by atoms with Gasteiger partial charge in [-0.25, -0.2) is 15.0 Å². The van der Waals surface area contributed by atoms with Crippen molar-refractivity contribution in [2.45, 2.75) is 53.9 Å². The number of hydrazine groups is 1. The fourth-order valence-electron chi connectivity index (χ4n) is 2.94. The van der Waals surface area contributed by atoms with Gasteiger partial charge in [-0.1, -0.05) is 32.1 Å². The second-order valence-electron chi connectivity index (χ2n) is 6.62. The van der Waals surface area contributed by atoms with Gasteiger partial charge in [0.05, 0.1) is 18.9 Å². The number of hydrogen-bond acceptors (Lipinski definition) is 4. The number of carbonyl (C=O) groups excluding carboxylic acids is 2.